The Kier molecular flexibility index (Phi) is 5.08. The molecule has 0 heterocycles. The molecule has 0 saturated heterocycles. The lowest BCUT2D eigenvalue weighted by atomic mass is 10.1. The number of rotatable bonds is 3. The molecule has 1 amide bonds. The molecule has 9 heteroatoms. The van der Waals surface area contributed by atoms with Gasteiger partial charge >= 0.3 is 18.4 Å². The molecule has 21 heavy (non-hydrogen) atoms. The zero-order valence-corrected chi connectivity index (χ0v) is 10.7. The highest BCUT2D eigenvalue weighted by Crippen LogP contribution is 2.39. The lowest BCUT2D eigenvalue weighted by Crippen LogP contribution is -2.19. The molecule has 0 aliphatic heterocycles. The Bertz CT molecular complexity index is 509. The van der Waals surface area contributed by atoms with E-state index in [-0.39, 0.29) is 12.7 Å². The van der Waals surface area contributed by atoms with Crippen molar-refractivity contribution in [1.29, 1.82) is 0 Å². The van der Waals surface area contributed by atoms with Crippen LogP contribution >= 0.6 is 0 Å². The maximum Gasteiger partial charge on any atom is 0.418 e. The van der Waals surface area contributed by atoms with Gasteiger partial charge in [0.05, 0.1) is 23.4 Å². The molecule has 0 aromatic heterocycles. The molecule has 0 radical (unpaired) electrons. The minimum absolute atomic E-state index is 0.0200. The van der Waals surface area contributed by atoms with E-state index in [4.69, 9.17) is 0 Å². The van der Waals surface area contributed by atoms with Crippen LogP contribution in [-0.4, -0.2) is 12.7 Å². The average Bonchev–Trinajstić information content (AvgIpc) is 2.34. The van der Waals surface area contributed by atoms with E-state index in [2.05, 4.69) is 4.74 Å². The van der Waals surface area contributed by atoms with Crippen LogP contribution in [0.1, 0.15) is 24.5 Å². The van der Waals surface area contributed by atoms with Gasteiger partial charge in [-0.3, -0.25) is 5.32 Å². The lowest BCUT2D eigenvalue weighted by Gasteiger charge is -2.16. The van der Waals surface area contributed by atoms with Crippen LogP contribution in [0.3, 0.4) is 0 Å². The number of halogens is 6. The molecule has 0 aliphatic rings. The third-order valence-corrected chi connectivity index (χ3v) is 2.33. The summed E-state index contributed by atoms with van der Waals surface area (Å²) in [6.45, 7) is 1.65. The maximum absolute atomic E-state index is 12.8. The summed E-state index contributed by atoms with van der Waals surface area (Å²) in [6, 6.07) is 0.930. The van der Waals surface area contributed by atoms with Crippen molar-refractivity contribution < 1.29 is 35.9 Å². The number of anilines is 1. The van der Waals surface area contributed by atoms with E-state index in [1.165, 1.54) is 0 Å². The number of carbonyl (C=O) groups is 1. The largest absolute Gasteiger partial charge is 0.449 e. The van der Waals surface area contributed by atoms with Crippen LogP contribution in [-0.2, 0) is 17.1 Å². The van der Waals surface area contributed by atoms with E-state index in [0.717, 1.165) is 0 Å². The number of hydrogen-bond acceptors (Lipinski definition) is 2. The molecule has 0 atom stereocenters. The summed E-state index contributed by atoms with van der Waals surface area (Å²) in [7, 11) is 0. The number of ether oxygens (including phenoxy) is 1. The van der Waals surface area contributed by atoms with Gasteiger partial charge in [0, 0.05) is 0 Å². The first-order valence-electron chi connectivity index (χ1n) is 5.78. The van der Waals surface area contributed by atoms with Gasteiger partial charge in [-0.25, -0.2) is 4.79 Å². The highest BCUT2D eigenvalue weighted by Gasteiger charge is 2.38. The second kappa shape index (κ2) is 6.23. The average molecular weight is 315 g/mol. The zero-order valence-electron chi connectivity index (χ0n) is 10.7. The topological polar surface area (TPSA) is 38.3 Å². The van der Waals surface area contributed by atoms with Crippen molar-refractivity contribution in [2.75, 3.05) is 11.9 Å². The fraction of sp³-hybridized carbons (Fsp3) is 0.417. The Hall–Kier alpha value is -1.93. The predicted octanol–water partition coefficient (Wildman–Crippen LogP) is 4.68. The first-order valence-corrected chi connectivity index (χ1v) is 5.78. The summed E-state index contributed by atoms with van der Waals surface area (Å²) < 4.78 is 80.1. The van der Waals surface area contributed by atoms with E-state index < -0.39 is 35.3 Å². The number of alkyl halides is 6. The minimum atomic E-state index is -5.05. The highest BCUT2D eigenvalue weighted by atomic mass is 19.4. The number of nitrogens with one attached hydrogen (secondary N) is 1. The van der Waals surface area contributed by atoms with Crippen LogP contribution in [0.4, 0.5) is 36.8 Å². The number of carbonyl (C=O) groups excluding carboxylic acids is 1. The fourth-order valence-electron chi connectivity index (χ4n) is 1.40. The second-order valence-electron chi connectivity index (χ2n) is 4.02. The molecule has 1 aromatic carbocycles. The van der Waals surface area contributed by atoms with Crippen LogP contribution in [0, 0.1) is 0 Å². The molecular formula is C12H11F6NO2. The van der Waals surface area contributed by atoms with Gasteiger partial charge in [-0.1, -0.05) is 6.92 Å². The molecule has 1 rings (SSSR count). The van der Waals surface area contributed by atoms with E-state index in [9.17, 15) is 31.1 Å². The Morgan fingerprint density at radius 3 is 2.24 bits per heavy atom. The molecule has 0 saturated carbocycles. The van der Waals surface area contributed by atoms with Gasteiger partial charge < -0.3 is 4.74 Å². The minimum Gasteiger partial charge on any atom is -0.449 e. The van der Waals surface area contributed by atoms with E-state index >= 15 is 0 Å². The smallest absolute Gasteiger partial charge is 0.418 e. The maximum atomic E-state index is 12.8. The summed E-state index contributed by atoms with van der Waals surface area (Å²) in [6.07, 6.45) is -10.7. The summed E-state index contributed by atoms with van der Waals surface area (Å²) in [5, 5.41) is 1.78. The van der Waals surface area contributed by atoms with E-state index in [1.807, 2.05) is 0 Å². The van der Waals surface area contributed by atoms with Crippen molar-refractivity contribution in [2.24, 2.45) is 0 Å². The molecule has 1 aromatic rings. The fourth-order valence-corrected chi connectivity index (χ4v) is 1.40. The number of amides is 1. The SMILES string of the molecule is CCCOC(=O)Nc1ccc(C(F)(F)F)cc1C(F)(F)F. The number of benzene rings is 1. The summed E-state index contributed by atoms with van der Waals surface area (Å²) in [4.78, 5) is 11.2. The van der Waals surface area contributed by atoms with Crippen molar-refractivity contribution in [3.05, 3.63) is 29.3 Å². The third kappa shape index (κ3) is 4.83. The molecule has 1 N–H and O–H groups in total. The van der Waals surface area contributed by atoms with Crippen LogP contribution in [0.2, 0.25) is 0 Å². The molecule has 3 nitrogen and oxygen atoms in total. The summed E-state index contributed by atoms with van der Waals surface area (Å²) in [5.41, 5.74) is -3.84. The molecule has 0 unspecified atom stereocenters. The molecule has 0 aliphatic carbocycles. The molecule has 0 fully saturated rings. The van der Waals surface area contributed by atoms with Crippen LogP contribution in [0.15, 0.2) is 18.2 Å². The first-order chi connectivity index (χ1) is 9.55. The Morgan fingerprint density at radius 1 is 1.14 bits per heavy atom. The van der Waals surface area contributed by atoms with Gasteiger partial charge in [0.15, 0.2) is 0 Å². The lowest BCUT2D eigenvalue weighted by molar-refractivity contribution is -0.142. The third-order valence-electron chi connectivity index (χ3n) is 2.33. The van der Waals surface area contributed by atoms with Gasteiger partial charge in [-0.15, -0.1) is 0 Å². The molecule has 0 spiro atoms. The van der Waals surface area contributed by atoms with Crippen molar-refractivity contribution in [1.82, 2.24) is 0 Å². The standard InChI is InChI=1S/C12H11F6NO2/c1-2-5-21-10(20)19-9-4-3-7(11(13,14)15)6-8(9)12(16,17)18/h3-4,6H,2,5H2,1H3,(H,19,20). The van der Waals surface area contributed by atoms with Gasteiger partial charge in [0.2, 0.25) is 0 Å². The van der Waals surface area contributed by atoms with Crippen molar-refractivity contribution in [3.63, 3.8) is 0 Å². The number of hydrogen-bond donors (Lipinski definition) is 1. The second-order valence-corrected chi connectivity index (χ2v) is 4.02. The van der Waals surface area contributed by atoms with Crippen LogP contribution in [0.5, 0.6) is 0 Å². The molecule has 118 valence electrons. The van der Waals surface area contributed by atoms with Gasteiger partial charge in [0.25, 0.3) is 0 Å². The zero-order chi connectivity index (χ0) is 16.3. The monoisotopic (exact) mass is 315 g/mol. The van der Waals surface area contributed by atoms with E-state index in [0.29, 0.717) is 18.6 Å². The van der Waals surface area contributed by atoms with Crippen LogP contribution < -0.4 is 5.32 Å². The first kappa shape index (κ1) is 17.1. The normalized spacial score (nSPS) is 12.1. The molecular weight excluding hydrogens is 304 g/mol. The molecule has 0 bridgehead atoms. The highest BCUT2D eigenvalue weighted by molar-refractivity contribution is 5.86. The quantitative estimate of drug-likeness (QED) is 0.822. The van der Waals surface area contributed by atoms with Crippen LogP contribution in [0.25, 0.3) is 0 Å². The van der Waals surface area contributed by atoms with E-state index in [1.54, 1.807) is 12.2 Å². The van der Waals surface area contributed by atoms with Crippen molar-refractivity contribution in [2.45, 2.75) is 25.7 Å². The Labute approximate surface area is 115 Å². The van der Waals surface area contributed by atoms with Crippen molar-refractivity contribution >= 4 is 11.8 Å². The Morgan fingerprint density at radius 2 is 1.76 bits per heavy atom. The summed E-state index contributed by atoms with van der Waals surface area (Å²) in [5.74, 6) is 0. The van der Waals surface area contributed by atoms with Gasteiger partial charge in [-0.2, -0.15) is 26.3 Å². The van der Waals surface area contributed by atoms with Gasteiger partial charge in [-0.05, 0) is 24.6 Å². The predicted molar refractivity (Wildman–Crippen MR) is 61.7 cm³/mol. The van der Waals surface area contributed by atoms with Crippen molar-refractivity contribution in [3.8, 4) is 0 Å². The Balaban J connectivity index is 3.12. The van der Waals surface area contributed by atoms with Gasteiger partial charge in [0.1, 0.15) is 0 Å². The summed E-state index contributed by atoms with van der Waals surface area (Å²) >= 11 is 0.